The lowest BCUT2D eigenvalue weighted by Gasteiger charge is -2.20. The number of aryl methyl sites for hydroxylation is 1. The summed E-state index contributed by atoms with van der Waals surface area (Å²) >= 11 is 5.92. The second-order valence-electron chi connectivity index (χ2n) is 4.25. The Hall–Kier alpha value is -1.26. The van der Waals surface area contributed by atoms with Crippen molar-refractivity contribution in [3.8, 4) is 5.75 Å². The molecule has 0 heterocycles. The fraction of sp³-hybridized carbons (Fsp3) is 0.500. The predicted octanol–water partition coefficient (Wildman–Crippen LogP) is 2.26. The molecule has 0 fully saturated rings. The van der Waals surface area contributed by atoms with Gasteiger partial charge >= 0.3 is 0 Å². The molecule has 0 saturated carbocycles. The Bertz CT molecular complexity index is 423. The van der Waals surface area contributed by atoms with Crippen LogP contribution in [0.15, 0.2) is 18.2 Å². The molecule has 1 aromatic rings. The maximum absolute atomic E-state index is 11.9. The number of rotatable bonds is 7. The Morgan fingerprint density at radius 1 is 1.47 bits per heavy atom. The molecule has 1 rings (SSSR count). The number of carbonyl (C=O) groups excluding carboxylic acids is 1. The molecule has 0 spiro atoms. The van der Waals surface area contributed by atoms with Gasteiger partial charge in [0.2, 0.25) is 0 Å². The average Bonchev–Trinajstić information content (AvgIpc) is 2.41. The topological polar surface area (TPSA) is 49.8 Å². The van der Waals surface area contributed by atoms with Crippen molar-refractivity contribution >= 4 is 17.5 Å². The molecule has 19 heavy (non-hydrogen) atoms. The van der Waals surface area contributed by atoms with Gasteiger partial charge in [-0.2, -0.15) is 0 Å². The van der Waals surface area contributed by atoms with E-state index in [-0.39, 0.29) is 19.1 Å². The van der Waals surface area contributed by atoms with Crippen molar-refractivity contribution in [2.24, 2.45) is 0 Å². The van der Waals surface area contributed by atoms with Gasteiger partial charge in [-0.3, -0.25) is 4.79 Å². The van der Waals surface area contributed by atoms with Crippen LogP contribution in [-0.4, -0.2) is 42.2 Å². The summed E-state index contributed by atoms with van der Waals surface area (Å²) in [6.45, 7) is 5.04. The summed E-state index contributed by atoms with van der Waals surface area (Å²) in [6, 6.07) is 5.30. The predicted molar refractivity (Wildman–Crippen MR) is 75.6 cm³/mol. The number of carbonyl (C=O) groups is 1. The van der Waals surface area contributed by atoms with Gasteiger partial charge in [0.1, 0.15) is 5.75 Å². The molecule has 0 bridgehead atoms. The van der Waals surface area contributed by atoms with Crippen molar-refractivity contribution in [2.45, 2.75) is 20.3 Å². The number of ether oxygens (including phenoxy) is 1. The van der Waals surface area contributed by atoms with Crippen molar-refractivity contribution < 1.29 is 14.6 Å². The number of halogens is 1. The molecule has 1 N–H and O–H groups in total. The van der Waals surface area contributed by atoms with Crippen LogP contribution in [0, 0.1) is 6.92 Å². The molecule has 4 nitrogen and oxygen atoms in total. The molecule has 0 saturated heterocycles. The summed E-state index contributed by atoms with van der Waals surface area (Å²) in [6.07, 6.45) is 0.583. The third kappa shape index (κ3) is 5.09. The number of benzene rings is 1. The highest BCUT2D eigenvalue weighted by Crippen LogP contribution is 2.20. The molecular formula is C14H20ClNO3. The molecule has 0 aliphatic carbocycles. The van der Waals surface area contributed by atoms with Crippen molar-refractivity contribution in [1.29, 1.82) is 0 Å². The lowest BCUT2D eigenvalue weighted by molar-refractivity contribution is -0.133. The first kappa shape index (κ1) is 15.8. The fourth-order valence-corrected chi connectivity index (χ4v) is 1.78. The molecular weight excluding hydrogens is 266 g/mol. The summed E-state index contributed by atoms with van der Waals surface area (Å²) in [4.78, 5) is 13.6. The standard InChI is InChI=1S/C14H20ClNO3/c1-3-16(7-4-8-17)14(18)10-19-12-5-6-13(15)11(2)9-12/h5-6,9,17H,3-4,7-8,10H2,1-2H3. The van der Waals surface area contributed by atoms with Crippen LogP contribution < -0.4 is 4.74 Å². The van der Waals surface area contributed by atoms with E-state index >= 15 is 0 Å². The number of aliphatic hydroxyl groups excluding tert-OH is 1. The van der Waals surface area contributed by atoms with Crippen molar-refractivity contribution in [1.82, 2.24) is 4.90 Å². The second kappa shape index (κ2) is 8.02. The van der Waals surface area contributed by atoms with Gasteiger partial charge in [0.25, 0.3) is 5.91 Å². The maximum Gasteiger partial charge on any atom is 0.260 e. The number of likely N-dealkylation sites (N-methyl/N-ethyl adjacent to an activating group) is 1. The summed E-state index contributed by atoms with van der Waals surface area (Å²) in [7, 11) is 0. The maximum atomic E-state index is 11.9. The molecule has 1 amide bonds. The highest BCUT2D eigenvalue weighted by Gasteiger charge is 2.12. The largest absolute Gasteiger partial charge is 0.484 e. The third-order valence-electron chi connectivity index (χ3n) is 2.81. The third-order valence-corrected chi connectivity index (χ3v) is 3.24. The monoisotopic (exact) mass is 285 g/mol. The van der Waals surface area contributed by atoms with Gasteiger partial charge in [0.05, 0.1) is 0 Å². The van der Waals surface area contributed by atoms with Gasteiger partial charge in [-0.1, -0.05) is 11.6 Å². The van der Waals surface area contributed by atoms with E-state index in [1.807, 2.05) is 13.8 Å². The van der Waals surface area contributed by atoms with E-state index in [2.05, 4.69) is 0 Å². The first-order valence-corrected chi connectivity index (χ1v) is 6.73. The summed E-state index contributed by atoms with van der Waals surface area (Å²) < 4.78 is 5.45. The fourth-order valence-electron chi connectivity index (χ4n) is 1.66. The van der Waals surface area contributed by atoms with Crippen LogP contribution in [0.1, 0.15) is 18.9 Å². The second-order valence-corrected chi connectivity index (χ2v) is 4.66. The quantitative estimate of drug-likeness (QED) is 0.836. The van der Waals surface area contributed by atoms with Crippen molar-refractivity contribution in [3.63, 3.8) is 0 Å². The molecule has 0 atom stereocenters. The average molecular weight is 286 g/mol. The van der Waals surface area contributed by atoms with Crippen LogP contribution in [0.5, 0.6) is 5.75 Å². The number of hydrogen-bond donors (Lipinski definition) is 1. The number of nitrogens with zero attached hydrogens (tertiary/aromatic N) is 1. The molecule has 0 radical (unpaired) electrons. The molecule has 0 aromatic heterocycles. The van der Waals surface area contributed by atoms with Crippen molar-refractivity contribution in [3.05, 3.63) is 28.8 Å². The van der Waals surface area contributed by atoms with E-state index in [4.69, 9.17) is 21.4 Å². The minimum atomic E-state index is -0.0800. The van der Waals surface area contributed by atoms with Gasteiger partial charge in [0.15, 0.2) is 6.61 Å². The molecule has 1 aromatic carbocycles. The first-order chi connectivity index (χ1) is 9.08. The minimum Gasteiger partial charge on any atom is -0.484 e. The number of hydrogen-bond acceptors (Lipinski definition) is 3. The zero-order chi connectivity index (χ0) is 14.3. The summed E-state index contributed by atoms with van der Waals surface area (Å²) in [5, 5.41) is 9.45. The van der Waals surface area contributed by atoms with E-state index in [9.17, 15) is 4.79 Å². The van der Waals surface area contributed by atoms with E-state index in [0.717, 1.165) is 5.56 Å². The molecule has 0 aliphatic rings. The molecule has 0 unspecified atom stereocenters. The SMILES string of the molecule is CCN(CCCO)C(=O)COc1ccc(Cl)c(C)c1. The van der Waals surface area contributed by atoms with E-state index < -0.39 is 0 Å². The lowest BCUT2D eigenvalue weighted by Crippen LogP contribution is -2.35. The Morgan fingerprint density at radius 3 is 2.79 bits per heavy atom. The van der Waals surface area contributed by atoms with E-state index in [1.165, 1.54) is 0 Å². The Kier molecular flexibility index (Phi) is 6.67. The van der Waals surface area contributed by atoms with Crippen LogP contribution >= 0.6 is 11.6 Å². The Balaban J connectivity index is 2.50. The van der Waals surface area contributed by atoms with Crippen LogP contribution in [0.3, 0.4) is 0 Å². The Labute approximate surface area is 118 Å². The zero-order valence-corrected chi connectivity index (χ0v) is 12.1. The highest BCUT2D eigenvalue weighted by molar-refractivity contribution is 6.31. The van der Waals surface area contributed by atoms with Gasteiger partial charge < -0.3 is 14.7 Å². The lowest BCUT2D eigenvalue weighted by atomic mass is 10.2. The first-order valence-electron chi connectivity index (χ1n) is 6.36. The van der Waals surface area contributed by atoms with E-state index in [0.29, 0.717) is 30.3 Å². The Morgan fingerprint density at radius 2 is 2.21 bits per heavy atom. The van der Waals surface area contributed by atoms with Gasteiger partial charge in [0, 0.05) is 24.7 Å². The van der Waals surface area contributed by atoms with Crippen LogP contribution in [0.4, 0.5) is 0 Å². The van der Waals surface area contributed by atoms with Gasteiger partial charge in [-0.25, -0.2) is 0 Å². The van der Waals surface area contributed by atoms with Crippen LogP contribution in [0.25, 0.3) is 0 Å². The molecule has 0 aliphatic heterocycles. The molecule has 5 heteroatoms. The molecule has 106 valence electrons. The smallest absolute Gasteiger partial charge is 0.260 e. The van der Waals surface area contributed by atoms with Gasteiger partial charge in [-0.15, -0.1) is 0 Å². The summed E-state index contributed by atoms with van der Waals surface area (Å²) in [5.74, 6) is 0.553. The van der Waals surface area contributed by atoms with Crippen molar-refractivity contribution in [2.75, 3.05) is 26.3 Å². The van der Waals surface area contributed by atoms with E-state index in [1.54, 1.807) is 23.1 Å². The van der Waals surface area contributed by atoms with Crippen LogP contribution in [0.2, 0.25) is 5.02 Å². The summed E-state index contributed by atoms with van der Waals surface area (Å²) in [5.41, 5.74) is 0.916. The minimum absolute atomic E-state index is 0.000338. The van der Waals surface area contributed by atoms with Gasteiger partial charge in [-0.05, 0) is 44.0 Å². The normalized spacial score (nSPS) is 10.3. The number of aliphatic hydroxyl groups is 1. The highest BCUT2D eigenvalue weighted by atomic mass is 35.5. The zero-order valence-electron chi connectivity index (χ0n) is 11.4. The number of amides is 1. The van der Waals surface area contributed by atoms with Crippen LogP contribution in [-0.2, 0) is 4.79 Å².